The first-order valence-electron chi connectivity index (χ1n) is 6.33. The number of hydrogen-bond acceptors (Lipinski definition) is 5. The summed E-state index contributed by atoms with van der Waals surface area (Å²) >= 11 is 1.26. The lowest BCUT2D eigenvalue weighted by molar-refractivity contribution is -0.00869. The van der Waals surface area contributed by atoms with Crippen molar-refractivity contribution < 1.29 is 14.6 Å². The largest absolute Gasteiger partial charge is 0.477 e. The first-order chi connectivity index (χ1) is 8.75. The number of fused-ring (bicyclic) bond motifs is 1. The molecule has 1 aliphatic heterocycles. The minimum atomic E-state index is -0.896. The molecule has 2 unspecified atom stereocenters. The van der Waals surface area contributed by atoms with Gasteiger partial charge in [0.25, 0.3) is 0 Å². The van der Waals surface area contributed by atoms with E-state index in [1.165, 1.54) is 30.4 Å². The summed E-state index contributed by atoms with van der Waals surface area (Å²) in [6, 6.07) is 0.375. The number of rotatable bonds is 2. The molecule has 3 rings (SSSR count). The second kappa shape index (κ2) is 4.85. The minimum absolute atomic E-state index is 0.296. The van der Waals surface area contributed by atoms with E-state index in [4.69, 9.17) is 9.84 Å². The molecule has 2 aliphatic rings. The average Bonchev–Trinajstić information content (AvgIpc) is 2.87. The van der Waals surface area contributed by atoms with Crippen LogP contribution in [0.4, 0.5) is 5.13 Å². The van der Waals surface area contributed by atoms with Gasteiger partial charge >= 0.3 is 5.97 Å². The zero-order valence-electron chi connectivity index (χ0n) is 10.0. The standard InChI is InChI=1S/C12H16N2O3S/c15-11(16)10-7-13-12(18-10)14-5-6-17-9-4-2-1-3-8(9)14/h7-9H,1-6H2,(H,15,16). The second-order valence-corrected chi connectivity index (χ2v) is 5.78. The Hall–Kier alpha value is -1.14. The van der Waals surface area contributed by atoms with Crippen LogP contribution in [0.3, 0.4) is 0 Å². The number of aromatic nitrogens is 1. The second-order valence-electron chi connectivity index (χ2n) is 4.77. The van der Waals surface area contributed by atoms with Crippen molar-refractivity contribution in [3.63, 3.8) is 0 Å². The molecule has 1 N–H and O–H groups in total. The normalized spacial score (nSPS) is 27.9. The molecule has 2 fully saturated rings. The highest BCUT2D eigenvalue weighted by Crippen LogP contribution is 2.33. The molecule has 0 aromatic carbocycles. The Morgan fingerprint density at radius 1 is 1.50 bits per heavy atom. The first-order valence-corrected chi connectivity index (χ1v) is 7.15. The van der Waals surface area contributed by atoms with Gasteiger partial charge in [0, 0.05) is 6.54 Å². The summed E-state index contributed by atoms with van der Waals surface area (Å²) in [5.74, 6) is -0.896. The van der Waals surface area contributed by atoms with Gasteiger partial charge in [0.05, 0.1) is 24.9 Å². The van der Waals surface area contributed by atoms with E-state index in [1.807, 2.05) is 0 Å². The van der Waals surface area contributed by atoms with Crippen LogP contribution in [0.2, 0.25) is 0 Å². The fourth-order valence-corrected chi connectivity index (χ4v) is 3.67. The molecular formula is C12H16N2O3S. The summed E-state index contributed by atoms with van der Waals surface area (Å²) in [4.78, 5) is 17.7. The zero-order valence-corrected chi connectivity index (χ0v) is 10.9. The molecule has 2 heterocycles. The summed E-state index contributed by atoms with van der Waals surface area (Å²) < 4.78 is 5.81. The highest BCUT2D eigenvalue weighted by molar-refractivity contribution is 7.17. The van der Waals surface area contributed by atoms with Gasteiger partial charge in [0.1, 0.15) is 4.88 Å². The number of hydrogen-bond donors (Lipinski definition) is 1. The summed E-state index contributed by atoms with van der Waals surface area (Å²) in [6.07, 6.45) is 6.43. The van der Waals surface area contributed by atoms with Gasteiger partial charge < -0.3 is 14.7 Å². The van der Waals surface area contributed by atoms with E-state index in [1.54, 1.807) is 0 Å². The predicted molar refractivity (Wildman–Crippen MR) is 68.4 cm³/mol. The lowest BCUT2D eigenvalue weighted by atomic mass is 9.90. The van der Waals surface area contributed by atoms with Crippen LogP contribution in [-0.4, -0.2) is 41.4 Å². The van der Waals surface area contributed by atoms with Crippen LogP contribution >= 0.6 is 11.3 Å². The molecule has 1 saturated carbocycles. The Balaban J connectivity index is 1.82. The van der Waals surface area contributed by atoms with Gasteiger partial charge in [-0.2, -0.15) is 0 Å². The van der Waals surface area contributed by atoms with Crippen molar-refractivity contribution in [2.45, 2.75) is 37.8 Å². The number of carboxylic acid groups (broad SMARTS) is 1. The van der Waals surface area contributed by atoms with Crippen LogP contribution in [0, 0.1) is 0 Å². The molecule has 18 heavy (non-hydrogen) atoms. The number of thiazole rings is 1. The Morgan fingerprint density at radius 3 is 3.11 bits per heavy atom. The number of carboxylic acids is 1. The molecule has 0 bridgehead atoms. The molecule has 1 aromatic rings. The molecule has 1 aromatic heterocycles. The van der Waals surface area contributed by atoms with Crippen molar-refractivity contribution in [2.24, 2.45) is 0 Å². The van der Waals surface area contributed by atoms with Crippen molar-refractivity contribution in [3.8, 4) is 0 Å². The van der Waals surface area contributed by atoms with Crippen molar-refractivity contribution >= 4 is 22.4 Å². The molecule has 0 spiro atoms. The molecule has 98 valence electrons. The van der Waals surface area contributed by atoms with E-state index in [2.05, 4.69) is 9.88 Å². The Bertz CT molecular complexity index is 446. The lowest BCUT2D eigenvalue weighted by Crippen LogP contribution is -2.52. The number of aromatic carboxylic acids is 1. The van der Waals surface area contributed by atoms with E-state index in [9.17, 15) is 4.79 Å². The fraction of sp³-hybridized carbons (Fsp3) is 0.667. The third kappa shape index (κ3) is 2.10. The molecule has 0 amide bonds. The van der Waals surface area contributed by atoms with E-state index in [0.717, 1.165) is 24.5 Å². The van der Waals surface area contributed by atoms with Gasteiger partial charge in [-0.05, 0) is 12.8 Å². The van der Waals surface area contributed by atoms with Crippen molar-refractivity contribution in [1.29, 1.82) is 0 Å². The third-order valence-electron chi connectivity index (χ3n) is 3.68. The third-order valence-corrected chi connectivity index (χ3v) is 4.70. The Labute approximate surface area is 109 Å². The topological polar surface area (TPSA) is 62.7 Å². The van der Waals surface area contributed by atoms with Crippen LogP contribution in [0.25, 0.3) is 0 Å². The van der Waals surface area contributed by atoms with Gasteiger partial charge in [0.2, 0.25) is 0 Å². The maximum Gasteiger partial charge on any atom is 0.347 e. The van der Waals surface area contributed by atoms with E-state index in [-0.39, 0.29) is 0 Å². The van der Waals surface area contributed by atoms with Crippen LogP contribution in [-0.2, 0) is 4.74 Å². The highest BCUT2D eigenvalue weighted by atomic mass is 32.1. The highest BCUT2D eigenvalue weighted by Gasteiger charge is 2.35. The number of morpholine rings is 1. The van der Waals surface area contributed by atoms with Crippen LogP contribution in [0.15, 0.2) is 6.20 Å². The summed E-state index contributed by atoms with van der Waals surface area (Å²) in [5.41, 5.74) is 0. The molecule has 0 radical (unpaired) electrons. The predicted octanol–water partition coefficient (Wildman–Crippen LogP) is 1.99. The minimum Gasteiger partial charge on any atom is -0.477 e. The van der Waals surface area contributed by atoms with Crippen molar-refractivity contribution in [3.05, 3.63) is 11.1 Å². The quantitative estimate of drug-likeness (QED) is 0.888. The molecule has 1 saturated heterocycles. The first kappa shape index (κ1) is 11.9. The number of anilines is 1. The number of ether oxygens (including phenoxy) is 1. The molecule has 1 aliphatic carbocycles. The van der Waals surface area contributed by atoms with Gasteiger partial charge in [0.15, 0.2) is 5.13 Å². The fourth-order valence-electron chi connectivity index (χ4n) is 2.83. The SMILES string of the molecule is O=C(O)c1cnc(N2CCOC3CCCCC32)s1. The van der Waals surface area contributed by atoms with Crippen LogP contribution < -0.4 is 4.90 Å². The van der Waals surface area contributed by atoms with Gasteiger partial charge in [-0.3, -0.25) is 0 Å². The number of carbonyl (C=O) groups is 1. The molecule has 2 atom stereocenters. The van der Waals surface area contributed by atoms with Crippen molar-refractivity contribution in [2.75, 3.05) is 18.1 Å². The van der Waals surface area contributed by atoms with Crippen molar-refractivity contribution in [1.82, 2.24) is 4.98 Å². The maximum atomic E-state index is 10.9. The van der Waals surface area contributed by atoms with Crippen LogP contribution in [0.1, 0.15) is 35.4 Å². The van der Waals surface area contributed by atoms with E-state index in [0.29, 0.717) is 23.6 Å². The molecule has 6 heteroatoms. The summed E-state index contributed by atoms with van der Waals surface area (Å²) in [7, 11) is 0. The van der Waals surface area contributed by atoms with Gasteiger partial charge in [-0.25, -0.2) is 9.78 Å². The van der Waals surface area contributed by atoms with Gasteiger partial charge in [-0.1, -0.05) is 24.2 Å². The summed E-state index contributed by atoms with van der Waals surface area (Å²) in [6.45, 7) is 1.52. The smallest absolute Gasteiger partial charge is 0.347 e. The maximum absolute atomic E-state index is 10.9. The van der Waals surface area contributed by atoms with E-state index < -0.39 is 5.97 Å². The average molecular weight is 268 g/mol. The molecular weight excluding hydrogens is 252 g/mol. The van der Waals surface area contributed by atoms with Gasteiger partial charge in [-0.15, -0.1) is 0 Å². The summed E-state index contributed by atoms with van der Waals surface area (Å²) in [5, 5.41) is 9.78. The Morgan fingerprint density at radius 2 is 2.33 bits per heavy atom. The van der Waals surface area contributed by atoms with Crippen LogP contribution in [0.5, 0.6) is 0 Å². The monoisotopic (exact) mass is 268 g/mol. The lowest BCUT2D eigenvalue weighted by Gasteiger charge is -2.43. The molecule has 5 nitrogen and oxygen atoms in total. The Kier molecular flexibility index (Phi) is 3.22. The zero-order chi connectivity index (χ0) is 12.5. The van der Waals surface area contributed by atoms with E-state index >= 15 is 0 Å². The number of nitrogens with zero attached hydrogens (tertiary/aromatic N) is 2.